The Morgan fingerprint density at radius 2 is 1.31 bits per heavy atom. The van der Waals surface area contributed by atoms with Crippen LogP contribution in [0.15, 0.2) is 12.4 Å². The molecule has 2 unspecified atom stereocenters. The maximum Gasteiger partial charge on any atom is 0.350 e. The number of rotatable bonds is 2. The van der Waals surface area contributed by atoms with Crippen molar-refractivity contribution >= 4 is 11.4 Å². The van der Waals surface area contributed by atoms with Gasteiger partial charge in [-0.1, -0.05) is 0 Å². The second-order valence-electron chi connectivity index (χ2n) is 6.06. The molecule has 4 rings (SSSR count). The molecule has 2 aliphatic rings. The summed E-state index contributed by atoms with van der Waals surface area (Å²) in [7, 11) is 0. The molecule has 4 heterocycles. The monoisotopic (exact) mass is 366 g/mol. The third-order valence-electron chi connectivity index (χ3n) is 4.06. The number of aromatic nitrogens is 4. The molecule has 0 radical (unpaired) electrons. The zero-order valence-corrected chi connectivity index (χ0v) is 14.3. The van der Waals surface area contributed by atoms with Crippen molar-refractivity contribution in [2.75, 3.05) is 0 Å². The van der Waals surface area contributed by atoms with E-state index < -0.39 is 9.85 Å². The topological polar surface area (TPSA) is 140 Å². The van der Waals surface area contributed by atoms with Gasteiger partial charge < -0.3 is 9.47 Å². The minimum atomic E-state index is -0.475. The van der Waals surface area contributed by atoms with E-state index in [-0.39, 0.29) is 35.3 Å². The van der Waals surface area contributed by atoms with Crippen LogP contribution < -0.4 is 9.47 Å². The molecule has 0 bridgehead atoms. The van der Waals surface area contributed by atoms with Crippen LogP contribution in [0.3, 0.4) is 0 Å². The van der Waals surface area contributed by atoms with Crippen molar-refractivity contribution in [2.24, 2.45) is 0 Å². The summed E-state index contributed by atoms with van der Waals surface area (Å²) in [4.78, 5) is 20.1. The van der Waals surface area contributed by atoms with E-state index in [1.807, 2.05) is 13.8 Å². The largest absolute Gasteiger partial charge is 0.470 e. The summed E-state index contributed by atoms with van der Waals surface area (Å²) in [6.45, 7) is 5.15. The molecular weight excluding hydrogens is 348 g/mol. The molecule has 0 N–H and O–H groups in total. The van der Waals surface area contributed by atoms with Crippen molar-refractivity contribution in [1.82, 2.24) is 19.6 Å². The van der Waals surface area contributed by atoms with Gasteiger partial charge in [0.25, 0.3) is 11.8 Å². The third-order valence-corrected chi connectivity index (χ3v) is 4.06. The lowest BCUT2D eigenvalue weighted by Gasteiger charge is -2.20. The van der Waals surface area contributed by atoms with E-state index in [0.717, 1.165) is 12.8 Å². The van der Waals surface area contributed by atoms with Gasteiger partial charge in [0.1, 0.15) is 12.4 Å². The smallest absolute Gasteiger partial charge is 0.350 e. The van der Waals surface area contributed by atoms with Gasteiger partial charge in [0.2, 0.25) is 0 Å². The fourth-order valence-electron chi connectivity index (χ4n) is 2.65. The molecule has 2 atom stereocenters. The van der Waals surface area contributed by atoms with Crippen LogP contribution in [0.2, 0.25) is 0 Å². The second kappa shape index (κ2) is 6.98. The molecule has 2 aromatic rings. The summed E-state index contributed by atoms with van der Waals surface area (Å²) < 4.78 is 13.7. The standard InChI is InChI=1S/2C7H9N3O3/c2*1-5-2-3-9-7(13-5)6(4-8-9)10(11)12/h2*4-5H,2-3H2,1H3. The third kappa shape index (κ3) is 3.43. The Morgan fingerprint density at radius 3 is 1.65 bits per heavy atom. The highest BCUT2D eigenvalue weighted by Crippen LogP contribution is 2.31. The van der Waals surface area contributed by atoms with E-state index in [9.17, 15) is 20.2 Å². The van der Waals surface area contributed by atoms with E-state index in [4.69, 9.17) is 9.47 Å². The Kier molecular flexibility index (Phi) is 4.73. The van der Waals surface area contributed by atoms with Crippen molar-refractivity contribution in [2.45, 2.75) is 52.0 Å². The van der Waals surface area contributed by atoms with Crippen LogP contribution in [0.25, 0.3) is 0 Å². The van der Waals surface area contributed by atoms with Crippen molar-refractivity contribution in [3.05, 3.63) is 32.6 Å². The van der Waals surface area contributed by atoms with Crippen molar-refractivity contribution in [3.8, 4) is 11.8 Å². The normalized spacial score (nSPS) is 20.5. The average molecular weight is 366 g/mol. The molecule has 140 valence electrons. The summed E-state index contributed by atoms with van der Waals surface area (Å²) in [5, 5.41) is 28.8. The van der Waals surface area contributed by atoms with E-state index in [0.29, 0.717) is 13.1 Å². The molecule has 0 amide bonds. The Hall–Kier alpha value is -3.18. The van der Waals surface area contributed by atoms with E-state index >= 15 is 0 Å². The number of aryl methyl sites for hydroxylation is 2. The van der Waals surface area contributed by atoms with Crippen LogP contribution in [-0.2, 0) is 13.1 Å². The minimum absolute atomic E-state index is 0.0305. The molecule has 2 aliphatic heterocycles. The van der Waals surface area contributed by atoms with Gasteiger partial charge in [0, 0.05) is 25.9 Å². The fraction of sp³-hybridized carbons (Fsp3) is 0.571. The first-order valence-corrected chi connectivity index (χ1v) is 8.10. The van der Waals surface area contributed by atoms with Gasteiger partial charge in [0.15, 0.2) is 0 Å². The maximum atomic E-state index is 10.5. The van der Waals surface area contributed by atoms with E-state index in [1.54, 1.807) is 0 Å². The molecule has 0 saturated carbocycles. The van der Waals surface area contributed by atoms with Gasteiger partial charge in [-0.3, -0.25) is 20.2 Å². The highest BCUT2D eigenvalue weighted by Gasteiger charge is 2.28. The molecule has 12 nitrogen and oxygen atoms in total. The Labute approximate surface area is 147 Å². The zero-order chi connectivity index (χ0) is 18.8. The minimum Gasteiger partial charge on any atom is -0.470 e. The van der Waals surface area contributed by atoms with Crippen LogP contribution in [0, 0.1) is 20.2 Å². The van der Waals surface area contributed by atoms with Gasteiger partial charge in [-0.2, -0.15) is 10.2 Å². The molecule has 2 aromatic heterocycles. The lowest BCUT2D eigenvalue weighted by Crippen LogP contribution is -2.23. The summed E-state index contributed by atoms with van der Waals surface area (Å²) in [6, 6.07) is 0. The highest BCUT2D eigenvalue weighted by atomic mass is 16.6. The number of ether oxygens (including phenoxy) is 2. The van der Waals surface area contributed by atoms with Crippen molar-refractivity contribution in [1.29, 1.82) is 0 Å². The number of hydrogen-bond acceptors (Lipinski definition) is 8. The predicted molar refractivity (Wildman–Crippen MR) is 87.2 cm³/mol. The summed E-state index contributed by atoms with van der Waals surface area (Å²) in [5.41, 5.74) is -0.0990. The van der Waals surface area contributed by atoms with Gasteiger partial charge >= 0.3 is 11.4 Å². The summed E-state index contributed by atoms with van der Waals surface area (Å²) in [6.07, 6.45) is 4.20. The molecule has 0 aromatic carbocycles. The van der Waals surface area contributed by atoms with Crippen LogP contribution >= 0.6 is 0 Å². The van der Waals surface area contributed by atoms with Gasteiger partial charge in [0.05, 0.1) is 22.1 Å². The summed E-state index contributed by atoms with van der Waals surface area (Å²) in [5.74, 6) is 0.563. The molecule has 0 spiro atoms. The lowest BCUT2D eigenvalue weighted by molar-refractivity contribution is -0.386. The Balaban J connectivity index is 0.000000151. The fourth-order valence-corrected chi connectivity index (χ4v) is 2.65. The molecular formula is C14H18N6O6. The van der Waals surface area contributed by atoms with Gasteiger partial charge in [-0.05, 0) is 13.8 Å². The molecule has 26 heavy (non-hydrogen) atoms. The van der Waals surface area contributed by atoms with Crippen molar-refractivity contribution in [3.63, 3.8) is 0 Å². The van der Waals surface area contributed by atoms with E-state index in [2.05, 4.69) is 10.2 Å². The van der Waals surface area contributed by atoms with Crippen molar-refractivity contribution < 1.29 is 19.3 Å². The predicted octanol–water partition coefficient (Wildman–Crippen LogP) is 1.92. The molecule has 12 heteroatoms. The Morgan fingerprint density at radius 1 is 0.923 bits per heavy atom. The second-order valence-corrected chi connectivity index (χ2v) is 6.06. The van der Waals surface area contributed by atoms with Gasteiger partial charge in [-0.25, -0.2) is 9.36 Å². The number of nitrogens with zero attached hydrogens (tertiary/aromatic N) is 6. The van der Waals surface area contributed by atoms with Crippen LogP contribution in [0.1, 0.15) is 26.7 Å². The van der Waals surface area contributed by atoms with E-state index in [1.165, 1.54) is 21.8 Å². The number of hydrogen-bond donors (Lipinski definition) is 0. The highest BCUT2D eigenvalue weighted by molar-refractivity contribution is 5.40. The first kappa shape index (κ1) is 17.6. The molecule has 0 saturated heterocycles. The first-order valence-electron chi connectivity index (χ1n) is 8.10. The number of fused-ring (bicyclic) bond motifs is 2. The van der Waals surface area contributed by atoms with Gasteiger partial charge in [-0.15, -0.1) is 0 Å². The average Bonchev–Trinajstić information content (AvgIpc) is 3.18. The number of nitro groups is 2. The Bertz CT molecular complexity index is 762. The van der Waals surface area contributed by atoms with Crippen LogP contribution in [0.4, 0.5) is 11.4 Å². The maximum absolute atomic E-state index is 10.5. The van der Waals surface area contributed by atoms with Crippen LogP contribution in [0.5, 0.6) is 11.8 Å². The molecule has 0 aliphatic carbocycles. The zero-order valence-electron chi connectivity index (χ0n) is 14.3. The van der Waals surface area contributed by atoms with Crippen LogP contribution in [-0.4, -0.2) is 41.6 Å². The lowest BCUT2D eigenvalue weighted by atomic mass is 10.2. The summed E-state index contributed by atoms with van der Waals surface area (Å²) >= 11 is 0. The molecule has 0 fully saturated rings. The SMILES string of the molecule is CC1CCn2ncc([N+](=O)[O-])c2O1.CC1CCn2ncc([N+](=O)[O-])c2O1. The first-order chi connectivity index (χ1) is 12.4. The quantitative estimate of drug-likeness (QED) is 0.580.